The Morgan fingerprint density at radius 2 is 2.21 bits per heavy atom. The van der Waals surface area contributed by atoms with Crippen LogP contribution in [0.15, 0.2) is 28.7 Å². The fraction of sp³-hybridized carbons (Fsp3) is 0.625. The van der Waals surface area contributed by atoms with Gasteiger partial charge in [-0.2, -0.15) is 0 Å². The maximum atomic E-state index is 10.7. The fourth-order valence-corrected chi connectivity index (χ4v) is 4.12. The summed E-state index contributed by atoms with van der Waals surface area (Å²) >= 11 is 3.53. The number of aliphatic hydroxyl groups is 1. The highest BCUT2D eigenvalue weighted by Gasteiger charge is 2.42. The van der Waals surface area contributed by atoms with Crippen LogP contribution < -0.4 is 0 Å². The number of halogens is 1. The summed E-state index contributed by atoms with van der Waals surface area (Å²) in [5, 5.41) is 10.7. The number of rotatable bonds is 2. The van der Waals surface area contributed by atoms with Crippen LogP contribution in [0.1, 0.15) is 37.7 Å². The Kier molecular flexibility index (Phi) is 3.97. The van der Waals surface area contributed by atoms with Crippen LogP contribution in [0.4, 0.5) is 0 Å². The third kappa shape index (κ3) is 3.04. The molecule has 1 aliphatic heterocycles. The Labute approximate surface area is 123 Å². The summed E-state index contributed by atoms with van der Waals surface area (Å²) in [6.07, 6.45) is 5.66. The first-order valence-corrected chi connectivity index (χ1v) is 8.14. The molecule has 1 saturated heterocycles. The molecule has 0 aromatic heterocycles. The molecule has 1 N–H and O–H groups in total. The molecule has 2 unspecified atom stereocenters. The third-order valence-corrected chi connectivity index (χ3v) is 5.30. The van der Waals surface area contributed by atoms with E-state index in [-0.39, 0.29) is 5.60 Å². The molecule has 1 aromatic carbocycles. The van der Waals surface area contributed by atoms with E-state index in [0.717, 1.165) is 36.9 Å². The molecule has 0 radical (unpaired) electrons. The van der Waals surface area contributed by atoms with Gasteiger partial charge >= 0.3 is 0 Å². The number of likely N-dealkylation sites (tertiary alicyclic amines) is 1. The minimum absolute atomic E-state index is 0.355. The largest absolute Gasteiger partial charge is 0.390 e. The minimum atomic E-state index is -0.355. The number of piperidine rings is 1. The molecule has 3 heteroatoms. The normalized spacial score (nSPS) is 32.0. The van der Waals surface area contributed by atoms with Crippen molar-refractivity contribution in [3.8, 4) is 0 Å². The van der Waals surface area contributed by atoms with E-state index < -0.39 is 0 Å². The summed E-state index contributed by atoms with van der Waals surface area (Å²) in [6.45, 7) is 3.09. The lowest BCUT2D eigenvalue weighted by molar-refractivity contribution is -0.0967. The summed E-state index contributed by atoms with van der Waals surface area (Å²) in [5.74, 6) is 0.488. The monoisotopic (exact) mass is 323 g/mol. The molecule has 2 aliphatic rings. The molecule has 1 saturated carbocycles. The topological polar surface area (TPSA) is 23.5 Å². The molecule has 1 aliphatic carbocycles. The molecule has 3 rings (SSSR count). The number of fused-ring (bicyclic) bond motifs is 1. The average Bonchev–Trinajstić information content (AvgIpc) is 2.39. The summed E-state index contributed by atoms with van der Waals surface area (Å²) in [7, 11) is 0. The van der Waals surface area contributed by atoms with Crippen LogP contribution in [0, 0.1) is 5.92 Å². The van der Waals surface area contributed by atoms with Gasteiger partial charge in [-0.1, -0.05) is 40.9 Å². The second-order valence-corrected chi connectivity index (χ2v) is 7.08. The van der Waals surface area contributed by atoms with Gasteiger partial charge in [0, 0.05) is 30.0 Å². The fourth-order valence-electron chi connectivity index (χ4n) is 3.68. The lowest BCUT2D eigenvalue weighted by Crippen LogP contribution is -2.52. The van der Waals surface area contributed by atoms with Crippen LogP contribution in [0.2, 0.25) is 0 Å². The van der Waals surface area contributed by atoms with E-state index in [0.29, 0.717) is 5.92 Å². The molecule has 0 bridgehead atoms. The van der Waals surface area contributed by atoms with Gasteiger partial charge in [-0.15, -0.1) is 0 Å². The maximum Gasteiger partial charge on any atom is 0.0700 e. The van der Waals surface area contributed by atoms with Gasteiger partial charge in [0.2, 0.25) is 0 Å². The molecule has 2 nitrogen and oxygen atoms in total. The highest BCUT2D eigenvalue weighted by Crippen LogP contribution is 2.40. The van der Waals surface area contributed by atoms with Crippen LogP contribution in [-0.2, 0) is 6.54 Å². The van der Waals surface area contributed by atoms with Gasteiger partial charge in [0.05, 0.1) is 5.60 Å². The van der Waals surface area contributed by atoms with Crippen molar-refractivity contribution in [2.24, 2.45) is 5.92 Å². The van der Waals surface area contributed by atoms with Gasteiger partial charge in [0.25, 0.3) is 0 Å². The van der Waals surface area contributed by atoms with Crippen molar-refractivity contribution in [3.05, 3.63) is 34.3 Å². The first-order chi connectivity index (χ1) is 9.16. The molecule has 1 heterocycles. The van der Waals surface area contributed by atoms with Crippen molar-refractivity contribution >= 4 is 15.9 Å². The quantitative estimate of drug-likeness (QED) is 0.899. The SMILES string of the molecule is OC12CCCCC1CN(Cc1cccc(Br)c1)CC2. The standard InChI is InChI=1S/C16H22BrNO/c17-15-6-3-4-13(10-15)11-18-9-8-16(19)7-2-1-5-14(16)12-18/h3-4,6,10,14,19H,1-2,5,7-9,11-12H2. The van der Waals surface area contributed by atoms with Crippen molar-refractivity contribution in [1.82, 2.24) is 4.90 Å². The zero-order valence-corrected chi connectivity index (χ0v) is 12.9. The van der Waals surface area contributed by atoms with E-state index in [1.54, 1.807) is 0 Å². The Hall–Kier alpha value is -0.380. The Balaban J connectivity index is 1.65. The highest BCUT2D eigenvalue weighted by atomic mass is 79.9. The molecule has 2 atom stereocenters. The summed E-state index contributed by atoms with van der Waals surface area (Å²) < 4.78 is 1.15. The second kappa shape index (κ2) is 5.55. The van der Waals surface area contributed by atoms with Crippen LogP contribution in [0.25, 0.3) is 0 Å². The van der Waals surface area contributed by atoms with Crippen molar-refractivity contribution < 1.29 is 5.11 Å². The van der Waals surface area contributed by atoms with Crippen molar-refractivity contribution in [3.63, 3.8) is 0 Å². The predicted molar refractivity (Wildman–Crippen MR) is 80.9 cm³/mol. The van der Waals surface area contributed by atoms with Gasteiger partial charge in [0.15, 0.2) is 0 Å². The smallest absolute Gasteiger partial charge is 0.0700 e. The van der Waals surface area contributed by atoms with Crippen LogP contribution in [0.5, 0.6) is 0 Å². The lowest BCUT2D eigenvalue weighted by Gasteiger charge is -2.47. The number of hydrogen-bond donors (Lipinski definition) is 1. The average molecular weight is 324 g/mol. The molecule has 0 spiro atoms. The molecule has 104 valence electrons. The van der Waals surface area contributed by atoms with E-state index in [1.165, 1.54) is 24.8 Å². The van der Waals surface area contributed by atoms with E-state index >= 15 is 0 Å². The van der Waals surface area contributed by atoms with Crippen molar-refractivity contribution in [2.75, 3.05) is 13.1 Å². The number of benzene rings is 1. The van der Waals surface area contributed by atoms with Gasteiger partial charge < -0.3 is 5.11 Å². The van der Waals surface area contributed by atoms with Crippen LogP contribution >= 0.6 is 15.9 Å². The van der Waals surface area contributed by atoms with Crippen LogP contribution in [0.3, 0.4) is 0 Å². The molecular formula is C16H22BrNO. The summed E-state index contributed by atoms with van der Waals surface area (Å²) in [5.41, 5.74) is 1.00. The van der Waals surface area contributed by atoms with E-state index in [9.17, 15) is 5.11 Å². The predicted octanol–water partition coefficient (Wildman–Crippen LogP) is 3.58. The maximum absolute atomic E-state index is 10.7. The van der Waals surface area contributed by atoms with E-state index in [2.05, 4.69) is 45.1 Å². The van der Waals surface area contributed by atoms with E-state index in [4.69, 9.17) is 0 Å². The minimum Gasteiger partial charge on any atom is -0.390 e. The third-order valence-electron chi connectivity index (χ3n) is 4.81. The summed E-state index contributed by atoms with van der Waals surface area (Å²) in [4.78, 5) is 2.51. The van der Waals surface area contributed by atoms with Gasteiger partial charge in [-0.3, -0.25) is 4.90 Å². The first-order valence-electron chi connectivity index (χ1n) is 7.35. The zero-order chi connectivity index (χ0) is 13.3. The summed E-state index contributed by atoms with van der Waals surface area (Å²) in [6, 6.07) is 8.55. The van der Waals surface area contributed by atoms with Gasteiger partial charge in [-0.25, -0.2) is 0 Å². The first kappa shape index (κ1) is 13.6. The van der Waals surface area contributed by atoms with Crippen molar-refractivity contribution in [1.29, 1.82) is 0 Å². The Bertz CT molecular complexity index is 450. The molecule has 1 aromatic rings. The Morgan fingerprint density at radius 3 is 3.05 bits per heavy atom. The number of hydrogen-bond acceptors (Lipinski definition) is 2. The van der Waals surface area contributed by atoms with Gasteiger partial charge in [-0.05, 0) is 37.0 Å². The van der Waals surface area contributed by atoms with Gasteiger partial charge in [0.1, 0.15) is 0 Å². The number of nitrogens with zero attached hydrogens (tertiary/aromatic N) is 1. The molecule has 0 amide bonds. The van der Waals surface area contributed by atoms with Crippen LogP contribution in [-0.4, -0.2) is 28.7 Å². The Morgan fingerprint density at radius 1 is 1.32 bits per heavy atom. The second-order valence-electron chi connectivity index (χ2n) is 6.16. The highest BCUT2D eigenvalue weighted by molar-refractivity contribution is 9.10. The van der Waals surface area contributed by atoms with Crippen molar-refractivity contribution in [2.45, 2.75) is 44.2 Å². The molecule has 19 heavy (non-hydrogen) atoms. The zero-order valence-electron chi connectivity index (χ0n) is 11.3. The molecular weight excluding hydrogens is 302 g/mol. The lowest BCUT2D eigenvalue weighted by atomic mass is 9.71. The van der Waals surface area contributed by atoms with E-state index in [1.807, 2.05) is 0 Å². The molecule has 2 fully saturated rings.